The predicted octanol–water partition coefficient (Wildman–Crippen LogP) is 4.43. The van der Waals surface area contributed by atoms with E-state index in [0.29, 0.717) is 23.8 Å². The second-order valence-corrected chi connectivity index (χ2v) is 9.58. The van der Waals surface area contributed by atoms with Crippen molar-refractivity contribution in [2.75, 3.05) is 52.5 Å². The molecule has 0 bridgehead atoms. The lowest BCUT2D eigenvalue weighted by molar-refractivity contribution is 0.0321. The van der Waals surface area contributed by atoms with E-state index < -0.39 is 0 Å². The summed E-state index contributed by atoms with van der Waals surface area (Å²) in [5, 5.41) is 1.25. The Labute approximate surface area is 207 Å². The minimum Gasteiger partial charge on any atom is -0.491 e. The number of carbonyl (C=O) groups excluding carboxylic acids is 1. The van der Waals surface area contributed by atoms with Gasteiger partial charge in [-0.15, -0.1) is 0 Å². The number of hydrogen-bond acceptors (Lipinski definition) is 5. The van der Waals surface area contributed by atoms with Crippen molar-refractivity contribution in [1.29, 1.82) is 0 Å². The van der Waals surface area contributed by atoms with Crippen molar-refractivity contribution in [3.05, 3.63) is 71.9 Å². The Morgan fingerprint density at radius 2 is 1.80 bits per heavy atom. The molecule has 3 aromatic rings. The molecule has 0 spiro atoms. The molecule has 2 aliphatic heterocycles. The summed E-state index contributed by atoms with van der Waals surface area (Å²) in [5.41, 5.74) is 3.09. The average Bonchev–Trinajstić information content (AvgIpc) is 3.15. The standard InChI is InChI=1S/C29H35N3O3/c33-29(26-8-2-4-10-28(26)35-21-18-31-16-19-34-20-17-31)32-14-5-6-23(12-15-32)22-24-11-13-30-27-9-3-1-7-25(24)27/h1-4,7-11,13,23H,5-6,12,14-22H2. The summed E-state index contributed by atoms with van der Waals surface area (Å²) in [6.45, 7) is 6.45. The summed E-state index contributed by atoms with van der Waals surface area (Å²) in [4.78, 5) is 22.4. The summed E-state index contributed by atoms with van der Waals surface area (Å²) in [5.74, 6) is 1.34. The number of rotatable bonds is 7. The van der Waals surface area contributed by atoms with Gasteiger partial charge in [0.15, 0.2) is 0 Å². The summed E-state index contributed by atoms with van der Waals surface area (Å²) in [7, 11) is 0. The van der Waals surface area contributed by atoms with E-state index >= 15 is 0 Å². The molecule has 6 nitrogen and oxygen atoms in total. The summed E-state index contributed by atoms with van der Waals surface area (Å²) in [6.07, 6.45) is 6.13. The second-order valence-electron chi connectivity index (χ2n) is 9.58. The van der Waals surface area contributed by atoms with Crippen LogP contribution >= 0.6 is 0 Å². The Hall–Kier alpha value is -2.96. The van der Waals surface area contributed by atoms with Crippen molar-refractivity contribution in [2.24, 2.45) is 5.92 Å². The zero-order valence-electron chi connectivity index (χ0n) is 20.4. The fraction of sp³-hybridized carbons (Fsp3) is 0.448. The number of pyridine rings is 1. The molecule has 2 fully saturated rings. The average molecular weight is 474 g/mol. The largest absolute Gasteiger partial charge is 0.491 e. The van der Waals surface area contributed by atoms with E-state index in [2.05, 4.69) is 34.1 Å². The zero-order valence-corrected chi connectivity index (χ0v) is 20.4. The molecule has 1 atom stereocenters. The molecule has 5 rings (SSSR count). The van der Waals surface area contributed by atoms with Gasteiger partial charge in [-0.1, -0.05) is 30.3 Å². The molecule has 0 saturated carbocycles. The number of benzene rings is 2. The third-order valence-electron chi connectivity index (χ3n) is 7.27. The second kappa shape index (κ2) is 11.6. The molecule has 184 valence electrons. The van der Waals surface area contributed by atoms with Crippen molar-refractivity contribution in [3.8, 4) is 5.75 Å². The van der Waals surface area contributed by atoms with Gasteiger partial charge < -0.3 is 14.4 Å². The monoisotopic (exact) mass is 473 g/mol. The Morgan fingerprint density at radius 3 is 2.71 bits per heavy atom. The number of carbonyl (C=O) groups is 1. The normalized spacial score (nSPS) is 19.4. The molecule has 6 heteroatoms. The van der Waals surface area contributed by atoms with Gasteiger partial charge in [0.1, 0.15) is 12.4 Å². The maximum absolute atomic E-state index is 13.5. The lowest BCUT2D eigenvalue weighted by Crippen LogP contribution is -2.38. The van der Waals surface area contributed by atoms with Crippen molar-refractivity contribution in [1.82, 2.24) is 14.8 Å². The number of nitrogens with zero attached hydrogens (tertiary/aromatic N) is 3. The smallest absolute Gasteiger partial charge is 0.257 e. The van der Waals surface area contributed by atoms with Crippen molar-refractivity contribution in [2.45, 2.75) is 25.7 Å². The summed E-state index contributed by atoms with van der Waals surface area (Å²) < 4.78 is 11.5. The first-order valence-electron chi connectivity index (χ1n) is 12.9. The molecule has 2 aliphatic rings. The molecule has 35 heavy (non-hydrogen) atoms. The molecule has 0 aliphatic carbocycles. The quantitative estimate of drug-likeness (QED) is 0.508. The van der Waals surface area contributed by atoms with Crippen LogP contribution in [0.5, 0.6) is 5.75 Å². The number of morpholine rings is 1. The SMILES string of the molecule is O=C(c1ccccc1OCCN1CCOCC1)N1CCCC(Cc2ccnc3ccccc23)CC1. The number of likely N-dealkylation sites (tertiary alicyclic amines) is 1. The molecular formula is C29H35N3O3. The Bertz CT molecular complexity index is 1120. The Balaban J connectivity index is 1.19. The third-order valence-corrected chi connectivity index (χ3v) is 7.27. The maximum atomic E-state index is 13.5. The van der Waals surface area contributed by atoms with Crippen LogP contribution in [0.2, 0.25) is 0 Å². The highest BCUT2D eigenvalue weighted by molar-refractivity contribution is 5.97. The van der Waals surface area contributed by atoms with Gasteiger partial charge in [0.2, 0.25) is 0 Å². The molecule has 2 saturated heterocycles. The number of para-hydroxylation sites is 2. The van der Waals surface area contributed by atoms with Crippen molar-refractivity contribution in [3.63, 3.8) is 0 Å². The molecule has 3 heterocycles. The minimum atomic E-state index is 0.0852. The first kappa shape index (κ1) is 23.8. The van der Waals surface area contributed by atoms with E-state index in [1.54, 1.807) is 0 Å². The fourth-order valence-corrected chi connectivity index (χ4v) is 5.27. The van der Waals surface area contributed by atoms with Gasteiger partial charge in [0, 0.05) is 44.3 Å². The molecule has 1 unspecified atom stereocenters. The highest BCUT2D eigenvalue weighted by Crippen LogP contribution is 2.27. The van der Waals surface area contributed by atoms with Gasteiger partial charge >= 0.3 is 0 Å². The molecular weight excluding hydrogens is 438 g/mol. The van der Waals surface area contributed by atoms with E-state index in [0.717, 1.165) is 77.1 Å². The number of fused-ring (bicyclic) bond motifs is 1. The van der Waals surface area contributed by atoms with Crippen LogP contribution in [0.3, 0.4) is 0 Å². The minimum absolute atomic E-state index is 0.0852. The van der Waals surface area contributed by atoms with Crippen LogP contribution in [-0.2, 0) is 11.2 Å². The van der Waals surface area contributed by atoms with E-state index in [1.807, 2.05) is 41.4 Å². The molecule has 0 radical (unpaired) electrons. The van der Waals surface area contributed by atoms with E-state index in [1.165, 1.54) is 10.9 Å². The topological polar surface area (TPSA) is 54.9 Å². The third kappa shape index (κ3) is 6.00. The highest BCUT2D eigenvalue weighted by atomic mass is 16.5. The molecule has 2 aromatic carbocycles. The van der Waals surface area contributed by atoms with Crippen LogP contribution in [0.4, 0.5) is 0 Å². The van der Waals surface area contributed by atoms with Crippen LogP contribution in [0, 0.1) is 5.92 Å². The number of hydrogen-bond donors (Lipinski definition) is 0. The van der Waals surface area contributed by atoms with Gasteiger partial charge in [0.05, 0.1) is 24.3 Å². The first-order chi connectivity index (χ1) is 17.3. The van der Waals surface area contributed by atoms with E-state index in [9.17, 15) is 4.79 Å². The zero-order chi connectivity index (χ0) is 23.9. The number of ether oxygens (including phenoxy) is 2. The Kier molecular flexibility index (Phi) is 7.91. The van der Waals surface area contributed by atoms with Crippen molar-refractivity contribution >= 4 is 16.8 Å². The van der Waals surface area contributed by atoms with Crippen LogP contribution in [0.1, 0.15) is 35.2 Å². The lowest BCUT2D eigenvalue weighted by atomic mass is 9.91. The van der Waals surface area contributed by atoms with Crippen LogP contribution in [0.15, 0.2) is 60.8 Å². The number of aromatic nitrogens is 1. The van der Waals surface area contributed by atoms with Gasteiger partial charge in [0.25, 0.3) is 5.91 Å². The highest BCUT2D eigenvalue weighted by Gasteiger charge is 2.24. The first-order valence-corrected chi connectivity index (χ1v) is 12.9. The Morgan fingerprint density at radius 1 is 0.971 bits per heavy atom. The van der Waals surface area contributed by atoms with Crippen LogP contribution in [-0.4, -0.2) is 73.2 Å². The van der Waals surface area contributed by atoms with Gasteiger partial charge in [-0.25, -0.2) is 0 Å². The predicted molar refractivity (Wildman–Crippen MR) is 138 cm³/mol. The van der Waals surface area contributed by atoms with Gasteiger partial charge in [-0.05, 0) is 61.4 Å². The fourth-order valence-electron chi connectivity index (χ4n) is 5.27. The molecule has 1 aromatic heterocycles. The van der Waals surface area contributed by atoms with Crippen molar-refractivity contribution < 1.29 is 14.3 Å². The summed E-state index contributed by atoms with van der Waals surface area (Å²) in [6, 6.07) is 18.2. The van der Waals surface area contributed by atoms with Gasteiger partial charge in [-0.2, -0.15) is 0 Å². The summed E-state index contributed by atoms with van der Waals surface area (Å²) >= 11 is 0. The number of amides is 1. The van der Waals surface area contributed by atoms with Gasteiger partial charge in [-0.3, -0.25) is 14.7 Å². The molecule has 0 N–H and O–H groups in total. The van der Waals surface area contributed by atoms with E-state index in [-0.39, 0.29) is 5.91 Å². The van der Waals surface area contributed by atoms with E-state index in [4.69, 9.17) is 9.47 Å². The molecule has 1 amide bonds. The van der Waals surface area contributed by atoms with Crippen LogP contribution < -0.4 is 4.74 Å². The maximum Gasteiger partial charge on any atom is 0.257 e. The van der Waals surface area contributed by atoms with Crippen LogP contribution in [0.25, 0.3) is 10.9 Å². The lowest BCUT2D eigenvalue weighted by Gasteiger charge is -2.26.